The van der Waals surface area contributed by atoms with Crippen LogP contribution in [-0.2, 0) is 14.2 Å². The van der Waals surface area contributed by atoms with Crippen LogP contribution in [0.5, 0.6) is 0 Å². The second kappa shape index (κ2) is 5.79. The average molecular weight is 264 g/mol. The molecule has 106 valence electrons. The van der Waals surface area contributed by atoms with Crippen molar-refractivity contribution < 1.29 is 34.6 Å². The molecule has 18 heavy (non-hydrogen) atoms. The first-order chi connectivity index (χ1) is 8.63. The summed E-state index contributed by atoms with van der Waals surface area (Å²) in [5.41, 5.74) is 0. The van der Waals surface area contributed by atoms with Gasteiger partial charge in [0.2, 0.25) is 5.79 Å². The molecule has 7 nitrogen and oxygen atoms in total. The first kappa shape index (κ1) is 14.1. The van der Waals surface area contributed by atoms with Crippen LogP contribution in [0.1, 0.15) is 12.8 Å². The summed E-state index contributed by atoms with van der Waals surface area (Å²) >= 11 is 0. The molecule has 0 aromatic carbocycles. The van der Waals surface area contributed by atoms with Gasteiger partial charge in [-0.2, -0.15) is 0 Å². The summed E-state index contributed by atoms with van der Waals surface area (Å²) in [7, 11) is 0. The Bertz CT molecular complexity index is 268. The molecule has 0 amide bonds. The van der Waals surface area contributed by atoms with Crippen molar-refractivity contribution in [3.05, 3.63) is 0 Å². The van der Waals surface area contributed by atoms with Crippen LogP contribution < -0.4 is 0 Å². The van der Waals surface area contributed by atoms with E-state index in [9.17, 15) is 15.3 Å². The Morgan fingerprint density at radius 3 is 2.56 bits per heavy atom. The molecule has 0 bridgehead atoms. The van der Waals surface area contributed by atoms with E-state index in [0.717, 1.165) is 12.8 Å². The Balaban J connectivity index is 1.96. The molecule has 4 N–H and O–H groups in total. The Kier molecular flexibility index (Phi) is 4.54. The number of hydrogen-bond donors (Lipinski definition) is 4. The minimum Gasteiger partial charge on any atom is -0.394 e. The molecule has 0 radical (unpaired) electrons. The Morgan fingerprint density at radius 1 is 1.28 bits per heavy atom. The fraction of sp³-hybridized carbons (Fsp3) is 1.00. The van der Waals surface area contributed by atoms with Gasteiger partial charge in [-0.25, -0.2) is 0 Å². The van der Waals surface area contributed by atoms with Gasteiger partial charge in [-0.3, -0.25) is 0 Å². The lowest BCUT2D eigenvalue weighted by atomic mass is 10.1. The molecule has 0 aromatic rings. The fourth-order valence-electron chi connectivity index (χ4n) is 2.31. The number of rotatable bonds is 5. The zero-order chi connectivity index (χ0) is 13.2. The van der Waals surface area contributed by atoms with E-state index < -0.39 is 37.3 Å². The molecule has 7 heteroatoms. The van der Waals surface area contributed by atoms with Crippen molar-refractivity contribution in [2.45, 2.75) is 43.0 Å². The van der Waals surface area contributed by atoms with Crippen LogP contribution in [0.3, 0.4) is 0 Å². The number of ether oxygens (including phenoxy) is 3. The lowest BCUT2D eigenvalue weighted by Crippen LogP contribution is -2.49. The lowest BCUT2D eigenvalue weighted by Gasteiger charge is -2.31. The maximum absolute atomic E-state index is 9.87. The summed E-state index contributed by atoms with van der Waals surface area (Å²) in [6.07, 6.45) is -1.94. The summed E-state index contributed by atoms with van der Waals surface area (Å²) < 4.78 is 16.0. The predicted octanol–water partition coefficient (Wildman–Crippen LogP) is -2.02. The van der Waals surface area contributed by atoms with Crippen molar-refractivity contribution >= 4 is 0 Å². The van der Waals surface area contributed by atoms with Crippen LogP contribution in [0, 0.1) is 0 Å². The fourth-order valence-corrected chi connectivity index (χ4v) is 2.31. The van der Waals surface area contributed by atoms with Crippen molar-refractivity contribution in [1.29, 1.82) is 0 Å². The molecular formula is C11H20O7. The van der Waals surface area contributed by atoms with Crippen LogP contribution in [0.25, 0.3) is 0 Å². The van der Waals surface area contributed by atoms with Crippen LogP contribution in [0.2, 0.25) is 0 Å². The minimum atomic E-state index is -1.68. The molecule has 2 aliphatic rings. The Hall–Kier alpha value is -0.280. The van der Waals surface area contributed by atoms with Crippen LogP contribution >= 0.6 is 0 Å². The quantitative estimate of drug-likeness (QED) is 0.454. The molecular weight excluding hydrogens is 244 g/mol. The molecule has 1 unspecified atom stereocenters. The predicted molar refractivity (Wildman–Crippen MR) is 58.7 cm³/mol. The molecule has 2 heterocycles. The molecule has 0 aromatic heterocycles. The van der Waals surface area contributed by atoms with Crippen LogP contribution in [0.15, 0.2) is 0 Å². The summed E-state index contributed by atoms with van der Waals surface area (Å²) in [5, 5.41) is 37.9. The molecule has 2 rings (SSSR count). The van der Waals surface area contributed by atoms with E-state index in [1.54, 1.807) is 0 Å². The average Bonchev–Trinajstić information content (AvgIpc) is 2.98. The van der Waals surface area contributed by atoms with Gasteiger partial charge in [-0.1, -0.05) is 0 Å². The third-order valence-corrected chi connectivity index (χ3v) is 3.44. The third kappa shape index (κ3) is 2.53. The van der Waals surface area contributed by atoms with Gasteiger partial charge in [0.15, 0.2) is 0 Å². The van der Waals surface area contributed by atoms with Gasteiger partial charge in [0, 0.05) is 6.61 Å². The zero-order valence-electron chi connectivity index (χ0n) is 10.1. The second-order valence-corrected chi connectivity index (χ2v) is 4.69. The molecule has 5 atom stereocenters. The number of hydrogen-bond acceptors (Lipinski definition) is 7. The van der Waals surface area contributed by atoms with E-state index >= 15 is 0 Å². The summed E-state index contributed by atoms with van der Waals surface area (Å²) in [5.74, 6) is -1.68. The van der Waals surface area contributed by atoms with Gasteiger partial charge >= 0.3 is 0 Å². The van der Waals surface area contributed by atoms with E-state index in [1.165, 1.54) is 0 Å². The topological polar surface area (TPSA) is 109 Å². The smallest absolute Gasteiger partial charge is 0.221 e. The molecule has 0 spiro atoms. The highest BCUT2D eigenvalue weighted by atomic mass is 16.7. The molecule has 2 aliphatic heterocycles. The maximum Gasteiger partial charge on any atom is 0.221 e. The van der Waals surface area contributed by atoms with E-state index in [4.69, 9.17) is 19.3 Å². The first-order valence-electron chi connectivity index (χ1n) is 6.14. The standard InChI is InChI=1S/C11H20O7/c12-4-8-9(14)10(15)11(6-13,18-8)17-5-7-2-1-3-16-7/h7-10,12-15H,1-6H2/t7?,8-,9-,10+,11-/m1/s1. The normalized spacial score (nSPS) is 44.7. The van der Waals surface area contributed by atoms with Gasteiger partial charge in [0.05, 0.1) is 19.3 Å². The Morgan fingerprint density at radius 2 is 2.06 bits per heavy atom. The summed E-state index contributed by atoms with van der Waals surface area (Å²) in [6.45, 7) is -0.217. The monoisotopic (exact) mass is 264 g/mol. The van der Waals surface area contributed by atoms with Crippen molar-refractivity contribution in [3.63, 3.8) is 0 Å². The second-order valence-electron chi connectivity index (χ2n) is 4.69. The van der Waals surface area contributed by atoms with Crippen LogP contribution in [0.4, 0.5) is 0 Å². The summed E-state index contributed by atoms with van der Waals surface area (Å²) in [6, 6.07) is 0. The van der Waals surface area contributed by atoms with Gasteiger partial charge < -0.3 is 34.6 Å². The third-order valence-electron chi connectivity index (χ3n) is 3.44. The maximum atomic E-state index is 9.87. The highest BCUT2D eigenvalue weighted by Gasteiger charge is 2.55. The first-order valence-corrected chi connectivity index (χ1v) is 6.14. The van der Waals surface area contributed by atoms with Crippen LogP contribution in [-0.4, -0.2) is 77.1 Å². The summed E-state index contributed by atoms with van der Waals surface area (Å²) in [4.78, 5) is 0. The molecule has 2 fully saturated rings. The molecule has 2 saturated heterocycles. The number of aliphatic hydroxyl groups excluding tert-OH is 4. The minimum absolute atomic E-state index is 0.0884. The van der Waals surface area contributed by atoms with Gasteiger partial charge in [0.1, 0.15) is 24.9 Å². The largest absolute Gasteiger partial charge is 0.394 e. The van der Waals surface area contributed by atoms with Crippen molar-refractivity contribution in [1.82, 2.24) is 0 Å². The highest BCUT2D eigenvalue weighted by molar-refractivity contribution is 4.96. The van der Waals surface area contributed by atoms with E-state index in [-0.39, 0.29) is 12.7 Å². The molecule has 0 saturated carbocycles. The van der Waals surface area contributed by atoms with Gasteiger partial charge in [-0.15, -0.1) is 0 Å². The highest BCUT2D eigenvalue weighted by Crippen LogP contribution is 2.32. The van der Waals surface area contributed by atoms with Crippen molar-refractivity contribution in [2.24, 2.45) is 0 Å². The van der Waals surface area contributed by atoms with Gasteiger partial charge in [0.25, 0.3) is 0 Å². The lowest BCUT2D eigenvalue weighted by molar-refractivity contribution is -0.282. The molecule has 0 aliphatic carbocycles. The number of aliphatic hydroxyl groups is 4. The Labute approximate surface area is 105 Å². The zero-order valence-corrected chi connectivity index (χ0v) is 10.1. The van der Waals surface area contributed by atoms with Crippen molar-refractivity contribution in [2.75, 3.05) is 26.4 Å². The van der Waals surface area contributed by atoms with E-state index in [0.29, 0.717) is 6.61 Å². The SMILES string of the molecule is OC[C@H]1O[C@@](CO)(OCC2CCCO2)[C@@H](O)[C@@H]1O. The van der Waals surface area contributed by atoms with E-state index in [1.807, 2.05) is 0 Å². The van der Waals surface area contributed by atoms with Gasteiger partial charge in [-0.05, 0) is 12.8 Å². The van der Waals surface area contributed by atoms with Crippen molar-refractivity contribution in [3.8, 4) is 0 Å². The van der Waals surface area contributed by atoms with E-state index in [2.05, 4.69) is 0 Å².